The first-order valence-corrected chi connectivity index (χ1v) is 16.1. The van der Waals surface area contributed by atoms with Crippen molar-refractivity contribution in [3.8, 4) is 44.5 Å². The molecule has 0 fully saturated rings. The third-order valence-electron chi connectivity index (χ3n) is 9.40. The molecule has 0 aliphatic rings. The molecular formula is C48H30O. The van der Waals surface area contributed by atoms with E-state index in [-0.39, 0.29) is 28.8 Å². The molecule has 0 spiro atoms. The topological polar surface area (TPSA) is 13.1 Å². The minimum Gasteiger partial charge on any atom is -0.456 e. The van der Waals surface area contributed by atoms with E-state index in [0.29, 0.717) is 5.56 Å². The Morgan fingerprint density at radius 1 is 0.367 bits per heavy atom. The summed E-state index contributed by atoms with van der Waals surface area (Å²) in [7, 11) is 0. The van der Waals surface area contributed by atoms with Crippen LogP contribution in [0.25, 0.3) is 98.8 Å². The second-order valence-electron chi connectivity index (χ2n) is 12.1. The highest BCUT2D eigenvalue weighted by molar-refractivity contribution is 6.26. The van der Waals surface area contributed by atoms with E-state index in [1.165, 1.54) is 0 Å². The molecule has 1 heteroatoms. The molecule has 228 valence electrons. The number of furan rings is 1. The highest BCUT2D eigenvalue weighted by Gasteiger charge is 2.20. The molecule has 0 N–H and O–H groups in total. The van der Waals surface area contributed by atoms with E-state index >= 15 is 0 Å². The molecule has 0 amide bonds. The molecule has 0 bridgehead atoms. The summed E-state index contributed by atoms with van der Waals surface area (Å²) in [6.07, 6.45) is 0. The van der Waals surface area contributed by atoms with Gasteiger partial charge in [0.2, 0.25) is 0 Å². The fourth-order valence-electron chi connectivity index (χ4n) is 7.21. The van der Waals surface area contributed by atoms with Crippen molar-refractivity contribution < 1.29 is 16.8 Å². The third-order valence-corrected chi connectivity index (χ3v) is 9.40. The van der Waals surface area contributed by atoms with E-state index in [1.54, 1.807) is 12.1 Å². The summed E-state index contributed by atoms with van der Waals surface area (Å²) in [6, 6.07) is 38.2. The van der Waals surface area contributed by atoms with Gasteiger partial charge in [-0.15, -0.1) is 0 Å². The summed E-state index contributed by atoms with van der Waals surface area (Å²) in [5.41, 5.74) is 5.51. The number of rotatable bonds is 4. The molecule has 10 aromatic rings. The number of fused-ring (bicyclic) bond motifs is 6. The van der Waals surface area contributed by atoms with E-state index in [0.717, 1.165) is 76.5 Å². The average molecular weight is 632 g/mol. The summed E-state index contributed by atoms with van der Waals surface area (Å²) < 4.78 is 83.2. The normalized spacial score (nSPS) is 14.2. The Labute approximate surface area is 297 Å². The lowest BCUT2D eigenvalue weighted by atomic mass is 9.84. The molecule has 9 aromatic carbocycles. The van der Waals surface area contributed by atoms with Crippen molar-refractivity contribution in [3.63, 3.8) is 0 Å². The molecule has 0 aliphatic carbocycles. The van der Waals surface area contributed by atoms with Gasteiger partial charge in [-0.2, -0.15) is 0 Å². The highest BCUT2D eigenvalue weighted by Crippen LogP contribution is 2.47. The maximum Gasteiger partial charge on any atom is 0.136 e. The molecule has 0 aliphatic heterocycles. The van der Waals surface area contributed by atoms with Gasteiger partial charge in [-0.1, -0.05) is 164 Å². The quantitative estimate of drug-likeness (QED) is 0.176. The highest BCUT2D eigenvalue weighted by atomic mass is 16.3. The molecule has 0 saturated carbocycles. The molecule has 1 aromatic heterocycles. The maximum atomic E-state index is 8.97. The third kappa shape index (κ3) is 4.47. The van der Waals surface area contributed by atoms with E-state index < -0.39 is 42.3 Å². The monoisotopic (exact) mass is 631 g/mol. The Balaban J connectivity index is 1.16. The van der Waals surface area contributed by atoms with E-state index in [9.17, 15) is 0 Å². The Hall–Kier alpha value is -6.44. The van der Waals surface area contributed by atoms with Crippen LogP contribution in [0.5, 0.6) is 0 Å². The van der Waals surface area contributed by atoms with Crippen LogP contribution >= 0.6 is 0 Å². The molecule has 49 heavy (non-hydrogen) atoms. The Morgan fingerprint density at radius 3 is 1.55 bits per heavy atom. The van der Waals surface area contributed by atoms with Crippen LogP contribution in [0.1, 0.15) is 12.3 Å². The van der Waals surface area contributed by atoms with Crippen molar-refractivity contribution >= 4 is 54.3 Å². The first-order chi connectivity index (χ1) is 28.0. The maximum absolute atomic E-state index is 8.97. The molecular weight excluding hydrogens is 593 g/mol. The van der Waals surface area contributed by atoms with Gasteiger partial charge in [-0.25, -0.2) is 0 Å². The summed E-state index contributed by atoms with van der Waals surface area (Å²) in [6.45, 7) is 0. The molecule has 0 atom stereocenters. The predicted molar refractivity (Wildman–Crippen MR) is 208 cm³/mol. The first-order valence-electron chi connectivity index (χ1n) is 20.6. The van der Waals surface area contributed by atoms with Gasteiger partial charge in [0.15, 0.2) is 0 Å². The van der Waals surface area contributed by atoms with Gasteiger partial charge < -0.3 is 4.42 Å². The van der Waals surface area contributed by atoms with Crippen molar-refractivity contribution in [2.75, 3.05) is 0 Å². The lowest BCUT2D eigenvalue weighted by Gasteiger charge is -2.18. The summed E-state index contributed by atoms with van der Waals surface area (Å²) in [4.78, 5) is 0. The van der Waals surface area contributed by atoms with E-state index in [2.05, 4.69) is 54.6 Å². The van der Waals surface area contributed by atoms with Crippen LogP contribution in [0.4, 0.5) is 0 Å². The Morgan fingerprint density at radius 2 is 0.898 bits per heavy atom. The van der Waals surface area contributed by atoms with Crippen molar-refractivity contribution in [2.45, 2.75) is 0 Å². The lowest BCUT2D eigenvalue weighted by molar-refractivity contribution is 0.669. The summed E-state index contributed by atoms with van der Waals surface area (Å²) in [5.74, 6) is 0. The van der Waals surface area contributed by atoms with Gasteiger partial charge >= 0.3 is 0 Å². The van der Waals surface area contributed by atoms with Gasteiger partial charge in [0.05, 0.1) is 12.3 Å². The van der Waals surface area contributed by atoms with Crippen LogP contribution in [-0.2, 0) is 0 Å². The van der Waals surface area contributed by atoms with Crippen molar-refractivity contribution in [2.24, 2.45) is 0 Å². The molecule has 0 unspecified atom stereocenters. The van der Waals surface area contributed by atoms with Crippen molar-refractivity contribution in [3.05, 3.63) is 182 Å². The van der Waals surface area contributed by atoms with E-state index in [4.69, 9.17) is 16.8 Å². The summed E-state index contributed by atoms with van der Waals surface area (Å²) >= 11 is 0. The Kier molecular flexibility index (Phi) is 4.53. The zero-order valence-corrected chi connectivity index (χ0v) is 26.0. The van der Waals surface area contributed by atoms with Crippen LogP contribution in [0, 0.1) is 0 Å². The van der Waals surface area contributed by atoms with Gasteiger partial charge in [0.1, 0.15) is 11.2 Å². The van der Waals surface area contributed by atoms with Gasteiger partial charge in [-0.05, 0) is 95.0 Å². The molecule has 0 saturated heterocycles. The molecule has 1 nitrogen and oxygen atoms in total. The second kappa shape index (κ2) is 11.1. The number of hydrogen-bond acceptors (Lipinski definition) is 1. The summed E-state index contributed by atoms with van der Waals surface area (Å²) in [5, 5.41) is 8.54. The minimum absolute atomic E-state index is 0.0518. The zero-order valence-electron chi connectivity index (χ0n) is 35.0. The minimum atomic E-state index is -0.610. The average Bonchev–Trinajstić information content (AvgIpc) is 3.61. The van der Waals surface area contributed by atoms with Crippen LogP contribution < -0.4 is 0 Å². The fourth-order valence-corrected chi connectivity index (χ4v) is 7.21. The largest absolute Gasteiger partial charge is 0.456 e. The van der Waals surface area contributed by atoms with Gasteiger partial charge in [-0.3, -0.25) is 0 Å². The van der Waals surface area contributed by atoms with Gasteiger partial charge in [0.25, 0.3) is 0 Å². The predicted octanol–water partition coefficient (Wildman–Crippen LogP) is 13.7. The van der Waals surface area contributed by atoms with Crippen molar-refractivity contribution in [1.82, 2.24) is 0 Å². The molecule has 0 radical (unpaired) electrons. The van der Waals surface area contributed by atoms with E-state index in [1.807, 2.05) is 60.7 Å². The van der Waals surface area contributed by atoms with Crippen LogP contribution in [0.2, 0.25) is 0 Å². The van der Waals surface area contributed by atoms with Crippen LogP contribution in [0.3, 0.4) is 0 Å². The number of hydrogen-bond donors (Lipinski definition) is 0. The molecule has 10 rings (SSSR count). The zero-order chi connectivity index (χ0) is 40.1. The standard InChI is InChI=1S/C48H30O/c1-2-11-31(12-3-1)32-21-23-33(24-22-32)34-25-27-35(28-26-34)46-38-15-6-8-17-40(38)47(41-18-9-7-16-39(41)46)42-19-10-20-44-48(42)43-29-36-13-4-5-14-37(36)30-45(43)49-44/h1-30H/i1D,2D,3D,11D,12D,21D,22D,23D,24D. The second-order valence-corrected chi connectivity index (χ2v) is 12.1. The fraction of sp³-hybridized carbons (Fsp3) is 0. The van der Waals surface area contributed by atoms with Crippen LogP contribution in [-0.4, -0.2) is 0 Å². The van der Waals surface area contributed by atoms with Crippen LogP contribution in [0.15, 0.2) is 186 Å². The molecule has 1 heterocycles. The Bertz CT molecular complexity index is 3270. The number of benzene rings is 9. The van der Waals surface area contributed by atoms with Crippen molar-refractivity contribution in [1.29, 1.82) is 0 Å². The smallest absolute Gasteiger partial charge is 0.136 e. The lowest BCUT2D eigenvalue weighted by Crippen LogP contribution is -1.91. The SMILES string of the molecule is [2H]c1c([2H])c([2H])c(-c2c([2H])c([2H])c(-c3ccc(-c4c5ccccc5c(-c5cccc6oc7cc8ccccc8cc7c56)c5ccccc45)cc3)c([2H])c2[2H])c([2H])c1[2H]. The van der Waals surface area contributed by atoms with Gasteiger partial charge in [0, 0.05) is 10.8 Å². The first kappa shape index (κ1) is 20.0.